The molecule has 1 aliphatic rings. The van der Waals surface area contributed by atoms with Crippen LogP contribution < -0.4 is 10.1 Å². The lowest BCUT2D eigenvalue weighted by Gasteiger charge is -2.29. The molecule has 32 heavy (non-hydrogen) atoms. The number of halogens is 2. The fourth-order valence-electron chi connectivity index (χ4n) is 4.25. The normalized spacial score (nSPS) is 15.0. The standard InChI is InChI=1S/C24H26F2N4O2/c1-29-15-19(23(28-29)17-10-9-16(25)13-20(17)26)24(31)27-14-21(30-11-5-6-12-30)18-7-3-4-8-22(18)32-2/h3-4,7-10,13,15,21H,5-6,11-12,14H2,1-2H3,(H,27,31). The van der Waals surface area contributed by atoms with Crippen LogP contribution in [0.2, 0.25) is 0 Å². The molecule has 1 aromatic heterocycles. The summed E-state index contributed by atoms with van der Waals surface area (Å²) in [5, 5.41) is 7.24. The highest BCUT2D eigenvalue weighted by molar-refractivity contribution is 5.99. The molecule has 1 saturated heterocycles. The molecule has 1 N–H and O–H groups in total. The van der Waals surface area contributed by atoms with Crippen molar-refractivity contribution in [1.29, 1.82) is 0 Å². The zero-order chi connectivity index (χ0) is 22.7. The van der Waals surface area contributed by atoms with Crippen LogP contribution in [0, 0.1) is 11.6 Å². The van der Waals surface area contributed by atoms with E-state index in [9.17, 15) is 13.6 Å². The second-order valence-corrected chi connectivity index (χ2v) is 7.90. The van der Waals surface area contributed by atoms with E-state index in [1.807, 2.05) is 24.3 Å². The lowest BCUT2D eigenvalue weighted by atomic mass is 10.0. The summed E-state index contributed by atoms with van der Waals surface area (Å²) >= 11 is 0. The monoisotopic (exact) mass is 440 g/mol. The van der Waals surface area contributed by atoms with Gasteiger partial charge < -0.3 is 10.1 Å². The fraction of sp³-hybridized carbons (Fsp3) is 0.333. The lowest BCUT2D eigenvalue weighted by Crippen LogP contribution is -2.37. The number of benzene rings is 2. The van der Waals surface area contributed by atoms with E-state index in [1.165, 1.54) is 10.7 Å². The zero-order valence-corrected chi connectivity index (χ0v) is 18.1. The van der Waals surface area contributed by atoms with Gasteiger partial charge in [0.05, 0.1) is 18.7 Å². The van der Waals surface area contributed by atoms with Gasteiger partial charge in [0.25, 0.3) is 5.91 Å². The Morgan fingerprint density at radius 3 is 2.66 bits per heavy atom. The first-order valence-corrected chi connectivity index (χ1v) is 10.6. The first-order chi connectivity index (χ1) is 15.5. The van der Waals surface area contributed by atoms with Gasteiger partial charge in [-0.25, -0.2) is 8.78 Å². The molecule has 0 radical (unpaired) electrons. The highest BCUT2D eigenvalue weighted by Gasteiger charge is 2.27. The molecule has 0 saturated carbocycles. The van der Waals surface area contributed by atoms with Crippen LogP contribution in [-0.2, 0) is 7.05 Å². The number of hydrogen-bond donors (Lipinski definition) is 1. The molecule has 1 aliphatic heterocycles. The molecular weight excluding hydrogens is 414 g/mol. The molecule has 6 nitrogen and oxygen atoms in total. The maximum Gasteiger partial charge on any atom is 0.255 e. The summed E-state index contributed by atoms with van der Waals surface area (Å²) in [6.45, 7) is 2.24. The molecule has 2 aromatic carbocycles. The third-order valence-corrected chi connectivity index (χ3v) is 5.79. The van der Waals surface area contributed by atoms with Crippen molar-refractivity contribution in [3.8, 4) is 17.0 Å². The molecule has 4 rings (SSSR count). The van der Waals surface area contributed by atoms with Gasteiger partial charge in [-0.3, -0.25) is 14.4 Å². The summed E-state index contributed by atoms with van der Waals surface area (Å²) in [5.74, 6) is -1.04. The Balaban J connectivity index is 1.59. The topological polar surface area (TPSA) is 59.4 Å². The maximum absolute atomic E-state index is 14.4. The van der Waals surface area contributed by atoms with Crippen LogP contribution in [0.15, 0.2) is 48.7 Å². The van der Waals surface area contributed by atoms with Gasteiger partial charge in [0.15, 0.2) is 0 Å². The number of aryl methyl sites for hydroxylation is 1. The summed E-state index contributed by atoms with van der Waals surface area (Å²) in [5.41, 5.74) is 1.50. The second-order valence-electron chi connectivity index (χ2n) is 7.90. The third-order valence-electron chi connectivity index (χ3n) is 5.79. The van der Waals surface area contributed by atoms with Crippen molar-refractivity contribution in [2.45, 2.75) is 18.9 Å². The molecule has 0 aliphatic carbocycles. The fourth-order valence-corrected chi connectivity index (χ4v) is 4.25. The molecule has 1 fully saturated rings. The molecule has 2 heterocycles. The van der Waals surface area contributed by atoms with Gasteiger partial charge in [-0.05, 0) is 44.1 Å². The van der Waals surface area contributed by atoms with Gasteiger partial charge in [-0.1, -0.05) is 18.2 Å². The summed E-state index contributed by atoms with van der Waals surface area (Å²) in [6, 6.07) is 11.0. The van der Waals surface area contributed by atoms with Crippen molar-refractivity contribution in [2.75, 3.05) is 26.7 Å². The average Bonchev–Trinajstić information content (AvgIpc) is 3.44. The van der Waals surface area contributed by atoms with Crippen LogP contribution in [-0.4, -0.2) is 47.3 Å². The number of carbonyl (C=O) groups excluding carboxylic acids is 1. The number of rotatable bonds is 7. The zero-order valence-electron chi connectivity index (χ0n) is 18.1. The minimum absolute atomic E-state index is 0.0553. The minimum Gasteiger partial charge on any atom is -0.496 e. The van der Waals surface area contributed by atoms with Crippen molar-refractivity contribution in [1.82, 2.24) is 20.0 Å². The van der Waals surface area contributed by atoms with E-state index in [1.54, 1.807) is 20.4 Å². The average molecular weight is 440 g/mol. The molecule has 168 valence electrons. The number of methoxy groups -OCH3 is 1. The number of ether oxygens (including phenoxy) is 1. The van der Waals surface area contributed by atoms with E-state index in [4.69, 9.17) is 4.74 Å². The minimum atomic E-state index is -0.762. The van der Waals surface area contributed by atoms with Gasteiger partial charge in [0.2, 0.25) is 0 Å². The Morgan fingerprint density at radius 2 is 1.94 bits per heavy atom. The first-order valence-electron chi connectivity index (χ1n) is 10.6. The van der Waals surface area contributed by atoms with Gasteiger partial charge in [0, 0.05) is 37.0 Å². The molecule has 0 spiro atoms. The highest BCUT2D eigenvalue weighted by atomic mass is 19.1. The lowest BCUT2D eigenvalue weighted by molar-refractivity contribution is 0.0938. The second kappa shape index (κ2) is 9.48. The smallest absolute Gasteiger partial charge is 0.255 e. The van der Waals surface area contributed by atoms with E-state index in [0.717, 1.165) is 49.4 Å². The van der Waals surface area contributed by atoms with E-state index >= 15 is 0 Å². The molecule has 1 amide bonds. The Labute approximate surface area is 185 Å². The predicted octanol–water partition coefficient (Wildman–Crippen LogP) is 3.94. The number of aromatic nitrogens is 2. The van der Waals surface area contributed by atoms with Crippen LogP contribution >= 0.6 is 0 Å². The first kappa shape index (κ1) is 22.0. The van der Waals surface area contributed by atoms with Crippen molar-refractivity contribution in [3.05, 3.63) is 71.4 Å². The maximum atomic E-state index is 14.4. The summed E-state index contributed by atoms with van der Waals surface area (Å²) in [6.07, 6.45) is 3.76. The molecular formula is C24H26F2N4O2. The third kappa shape index (κ3) is 4.50. The van der Waals surface area contributed by atoms with E-state index < -0.39 is 11.6 Å². The number of para-hydroxylation sites is 1. The number of nitrogens with one attached hydrogen (secondary N) is 1. The molecule has 3 aromatic rings. The van der Waals surface area contributed by atoms with Gasteiger partial charge >= 0.3 is 0 Å². The Morgan fingerprint density at radius 1 is 1.19 bits per heavy atom. The van der Waals surface area contributed by atoms with Crippen molar-refractivity contribution >= 4 is 5.91 Å². The van der Waals surface area contributed by atoms with Gasteiger partial charge in [-0.15, -0.1) is 0 Å². The number of hydrogen-bond acceptors (Lipinski definition) is 4. The number of likely N-dealkylation sites (tertiary alicyclic amines) is 1. The Kier molecular flexibility index (Phi) is 6.50. The molecule has 8 heteroatoms. The number of amides is 1. The molecule has 0 bridgehead atoms. The van der Waals surface area contributed by atoms with Crippen LogP contribution in [0.5, 0.6) is 5.75 Å². The quantitative estimate of drug-likeness (QED) is 0.605. The summed E-state index contributed by atoms with van der Waals surface area (Å²) < 4.78 is 34.7. The number of nitrogens with zero attached hydrogens (tertiary/aromatic N) is 3. The number of carbonyl (C=O) groups is 1. The molecule has 1 unspecified atom stereocenters. The van der Waals surface area contributed by atoms with Crippen LogP contribution in [0.25, 0.3) is 11.3 Å². The van der Waals surface area contributed by atoms with E-state index in [2.05, 4.69) is 15.3 Å². The van der Waals surface area contributed by atoms with Crippen LogP contribution in [0.1, 0.15) is 34.8 Å². The predicted molar refractivity (Wildman–Crippen MR) is 117 cm³/mol. The summed E-state index contributed by atoms with van der Waals surface area (Å²) in [7, 11) is 3.29. The van der Waals surface area contributed by atoms with E-state index in [0.29, 0.717) is 6.54 Å². The van der Waals surface area contributed by atoms with Crippen molar-refractivity contribution < 1.29 is 18.3 Å². The van der Waals surface area contributed by atoms with Crippen molar-refractivity contribution in [2.24, 2.45) is 7.05 Å². The van der Waals surface area contributed by atoms with Crippen LogP contribution in [0.4, 0.5) is 8.78 Å². The van der Waals surface area contributed by atoms with Gasteiger partial charge in [-0.2, -0.15) is 5.10 Å². The van der Waals surface area contributed by atoms with Crippen LogP contribution in [0.3, 0.4) is 0 Å². The largest absolute Gasteiger partial charge is 0.496 e. The summed E-state index contributed by atoms with van der Waals surface area (Å²) in [4.78, 5) is 15.5. The highest BCUT2D eigenvalue weighted by Crippen LogP contribution is 2.31. The van der Waals surface area contributed by atoms with E-state index in [-0.39, 0.29) is 28.8 Å². The van der Waals surface area contributed by atoms with Gasteiger partial charge in [0.1, 0.15) is 23.1 Å². The van der Waals surface area contributed by atoms with Crippen molar-refractivity contribution in [3.63, 3.8) is 0 Å². The molecule has 1 atom stereocenters. The SMILES string of the molecule is COc1ccccc1C(CNC(=O)c1cn(C)nc1-c1ccc(F)cc1F)N1CCCC1. The Bertz CT molecular complexity index is 1110. The Hall–Kier alpha value is -3.26.